The second kappa shape index (κ2) is 3.66. The molecule has 3 heteroatoms. The molecule has 74 valence electrons. The van der Waals surface area contributed by atoms with Gasteiger partial charge >= 0.3 is 5.97 Å². The van der Waals surface area contributed by atoms with Crippen LogP contribution in [0, 0.1) is 17.8 Å². The average Bonchev–Trinajstić information content (AvgIpc) is 2.84. The van der Waals surface area contributed by atoms with Gasteiger partial charge < -0.3 is 10.1 Å². The molecule has 2 atom stereocenters. The van der Waals surface area contributed by atoms with E-state index in [-0.39, 0.29) is 11.9 Å². The number of carbonyl (C=O) groups excluding carboxylic acids is 1. The van der Waals surface area contributed by atoms with Gasteiger partial charge in [0.1, 0.15) is 0 Å². The van der Waals surface area contributed by atoms with Crippen LogP contribution < -0.4 is 5.32 Å². The lowest BCUT2D eigenvalue weighted by molar-refractivity contribution is -0.149. The molecule has 1 N–H and O–H groups in total. The van der Waals surface area contributed by atoms with Gasteiger partial charge in [0.25, 0.3) is 0 Å². The lowest BCUT2D eigenvalue weighted by Crippen LogP contribution is -2.24. The van der Waals surface area contributed by atoms with Crippen molar-refractivity contribution in [1.82, 2.24) is 5.32 Å². The van der Waals surface area contributed by atoms with Gasteiger partial charge in [-0.15, -0.1) is 0 Å². The van der Waals surface area contributed by atoms with Crippen molar-refractivity contribution < 1.29 is 9.53 Å². The fourth-order valence-corrected chi connectivity index (χ4v) is 1.72. The summed E-state index contributed by atoms with van der Waals surface area (Å²) in [6.45, 7) is 4.50. The van der Waals surface area contributed by atoms with Crippen molar-refractivity contribution in [1.29, 1.82) is 0 Å². The van der Waals surface area contributed by atoms with Crippen LogP contribution in [-0.4, -0.2) is 25.7 Å². The van der Waals surface area contributed by atoms with Crippen molar-refractivity contribution >= 4 is 5.97 Å². The van der Waals surface area contributed by atoms with E-state index < -0.39 is 0 Å². The summed E-state index contributed by atoms with van der Waals surface area (Å²) in [6.07, 6.45) is 2.48. The van der Waals surface area contributed by atoms with Gasteiger partial charge in [0, 0.05) is 6.54 Å². The maximum absolute atomic E-state index is 11.5. The van der Waals surface area contributed by atoms with Gasteiger partial charge in [-0.1, -0.05) is 6.92 Å². The van der Waals surface area contributed by atoms with Crippen molar-refractivity contribution in [3.8, 4) is 0 Å². The maximum Gasteiger partial charge on any atom is 0.310 e. The molecule has 0 bridgehead atoms. The van der Waals surface area contributed by atoms with Crippen LogP contribution in [0.15, 0.2) is 0 Å². The SMILES string of the molecule is CC1CNCC1C(=O)OCC1CC1. The summed E-state index contributed by atoms with van der Waals surface area (Å²) in [4.78, 5) is 11.5. The van der Waals surface area contributed by atoms with Crippen molar-refractivity contribution in [2.24, 2.45) is 17.8 Å². The predicted octanol–water partition coefficient (Wildman–Crippen LogP) is 0.795. The minimum absolute atomic E-state index is 0.00407. The zero-order chi connectivity index (χ0) is 9.26. The first-order chi connectivity index (χ1) is 6.27. The Morgan fingerprint density at radius 1 is 1.46 bits per heavy atom. The van der Waals surface area contributed by atoms with Gasteiger partial charge in [-0.3, -0.25) is 4.79 Å². The molecule has 0 spiro atoms. The average molecular weight is 183 g/mol. The van der Waals surface area contributed by atoms with Crippen molar-refractivity contribution in [3.63, 3.8) is 0 Å². The van der Waals surface area contributed by atoms with Crippen LogP contribution in [0.5, 0.6) is 0 Å². The predicted molar refractivity (Wildman–Crippen MR) is 49.2 cm³/mol. The minimum Gasteiger partial charge on any atom is -0.465 e. The molecule has 1 saturated heterocycles. The van der Waals surface area contributed by atoms with Gasteiger partial charge in [0.05, 0.1) is 12.5 Å². The summed E-state index contributed by atoms with van der Waals surface area (Å²) in [5.74, 6) is 1.21. The van der Waals surface area contributed by atoms with Crippen LogP contribution in [-0.2, 0) is 9.53 Å². The summed E-state index contributed by atoms with van der Waals surface area (Å²) in [6, 6.07) is 0. The highest BCUT2D eigenvalue weighted by atomic mass is 16.5. The second-order valence-corrected chi connectivity index (χ2v) is 4.32. The number of esters is 1. The van der Waals surface area contributed by atoms with Crippen LogP contribution in [0.1, 0.15) is 19.8 Å². The standard InChI is InChI=1S/C10H17NO2/c1-7-4-11-5-9(7)10(12)13-6-8-2-3-8/h7-9,11H,2-6H2,1H3. The van der Waals surface area contributed by atoms with Crippen LogP contribution in [0.3, 0.4) is 0 Å². The Morgan fingerprint density at radius 2 is 2.23 bits per heavy atom. The van der Waals surface area contributed by atoms with Gasteiger partial charge in [0.2, 0.25) is 0 Å². The molecular weight excluding hydrogens is 166 g/mol. The van der Waals surface area contributed by atoms with E-state index in [1.165, 1.54) is 12.8 Å². The Labute approximate surface area is 78.8 Å². The number of hydrogen-bond donors (Lipinski definition) is 1. The summed E-state index contributed by atoms with van der Waals surface area (Å²) in [5.41, 5.74) is 0. The van der Waals surface area contributed by atoms with Gasteiger partial charge in [-0.25, -0.2) is 0 Å². The van der Waals surface area contributed by atoms with E-state index in [0.29, 0.717) is 18.4 Å². The Kier molecular flexibility index (Phi) is 2.54. The van der Waals surface area contributed by atoms with E-state index in [9.17, 15) is 4.79 Å². The smallest absolute Gasteiger partial charge is 0.310 e. The topological polar surface area (TPSA) is 38.3 Å². The highest BCUT2D eigenvalue weighted by molar-refractivity contribution is 5.73. The number of ether oxygens (including phenoxy) is 1. The number of hydrogen-bond acceptors (Lipinski definition) is 3. The Morgan fingerprint density at radius 3 is 2.77 bits per heavy atom. The maximum atomic E-state index is 11.5. The third-order valence-electron chi connectivity index (χ3n) is 2.98. The molecule has 1 saturated carbocycles. The van der Waals surface area contributed by atoms with Crippen LogP contribution in [0.2, 0.25) is 0 Å². The molecule has 13 heavy (non-hydrogen) atoms. The normalized spacial score (nSPS) is 33.3. The fraction of sp³-hybridized carbons (Fsp3) is 0.900. The summed E-state index contributed by atoms with van der Waals surface area (Å²) in [7, 11) is 0. The lowest BCUT2D eigenvalue weighted by atomic mass is 9.99. The Balaban J connectivity index is 1.74. The monoisotopic (exact) mass is 183 g/mol. The first-order valence-corrected chi connectivity index (χ1v) is 5.14. The van der Waals surface area contributed by atoms with Crippen LogP contribution in [0.25, 0.3) is 0 Å². The first kappa shape index (κ1) is 9.00. The largest absolute Gasteiger partial charge is 0.465 e. The molecule has 2 aliphatic rings. The van der Waals surface area contributed by atoms with E-state index in [1.807, 2.05) is 0 Å². The number of rotatable bonds is 3. The van der Waals surface area contributed by atoms with E-state index in [4.69, 9.17) is 4.74 Å². The highest BCUT2D eigenvalue weighted by Crippen LogP contribution is 2.29. The Bertz CT molecular complexity index is 201. The number of carbonyl (C=O) groups is 1. The highest BCUT2D eigenvalue weighted by Gasteiger charge is 2.32. The van der Waals surface area contributed by atoms with E-state index >= 15 is 0 Å². The second-order valence-electron chi connectivity index (χ2n) is 4.32. The molecule has 2 rings (SSSR count). The van der Waals surface area contributed by atoms with Crippen molar-refractivity contribution in [3.05, 3.63) is 0 Å². The van der Waals surface area contributed by atoms with Gasteiger partial charge in [-0.2, -0.15) is 0 Å². The zero-order valence-corrected chi connectivity index (χ0v) is 8.08. The van der Waals surface area contributed by atoms with Gasteiger partial charge in [0.15, 0.2) is 0 Å². The minimum atomic E-state index is 0.00407. The zero-order valence-electron chi connectivity index (χ0n) is 8.08. The quantitative estimate of drug-likeness (QED) is 0.658. The van der Waals surface area contributed by atoms with E-state index in [2.05, 4.69) is 12.2 Å². The van der Waals surface area contributed by atoms with Crippen LogP contribution in [0.4, 0.5) is 0 Å². The number of nitrogens with one attached hydrogen (secondary N) is 1. The molecule has 3 nitrogen and oxygen atoms in total. The molecule has 1 heterocycles. The van der Waals surface area contributed by atoms with Crippen LogP contribution >= 0.6 is 0 Å². The van der Waals surface area contributed by atoms with Gasteiger partial charge in [-0.05, 0) is 31.2 Å². The Hall–Kier alpha value is -0.570. The molecule has 2 unspecified atom stereocenters. The van der Waals surface area contributed by atoms with E-state index in [1.54, 1.807) is 0 Å². The molecule has 0 radical (unpaired) electrons. The molecular formula is C10H17NO2. The molecule has 1 aliphatic carbocycles. The third kappa shape index (κ3) is 2.21. The van der Waals surface area contributed by atoms with Crippen molar-refractivity contribution in [2.75, 3.05) is 19.7 Å². The van der Waals surface area contributed by atoms with Crippen molar-refractivity contribution in [2.45, 2.75) is 19.8 Å². The fourth-order valence-electron chi connectivity index (χ4n) is 1.72. The molecule has 2 fully saturated rings. The molecule has 0 aromatic heterocycles. The molecule has 1 aliphatic heterocycles. The molecule has 0 aromatic rings. The third-order valence-corrected chi connectivity index (χ3v) is 2.98. The summed E-state index contributed by atoms with van der Waals surface area (Å²) >= 11 is 0. The van der Waals surface area contributed by atoms with E-state index in [0.717, 1.165) is 13.1 Å². The summed E-state index contributed by atoms with van der Waals surface area (Å²) in [5, 5.41) is 3.21. The molecule has 0 aromatic carbocycles. The summed E-state index contributed by atoms with van der Waals surface area (Å²) < 4.78 is 5.24. The molecule has 0 amide bonds. The first-order valence-electron chi connectivity index (χ1n) is 5.14. The lowest BCUT2D eigenvalue weighted by Gasteiger charge is -2.12.